The fourth-order valence-corrected chi connectivity index (χ4v) is 2.12. The number of esters is 1. The van der Waals surface area contributed by atoms with Gasteiger partial charge < -0.3 is 9.47 Å². The van der Waals surface area contributed by atoms with Crippen LogP contribution in [-0.4, -0.2) is 23.5 Å². The van der Waals surface area contributed by atoms with Crippen LogP contribution in [0.25, 0.3) is 0 Å². The Morgan fingerprint density at radius 2 is 1.82 bits per heavy atom. The summed E-state index contributed by atoms with van der Waals surface area (Å²) in [5, 5.41) is 0. The lowest BCUT2D eigenvalue weighted by atomic mass is 10.1. The van der Waals surface area contributed by atoms with Crippen LogP contribution < -0.4 is 4.74 Å². The standard InChI is InChI=1S/C18H24O4/c1-17(2,3)22-16(20)18(4,5)21-15-10-13(12-6-7-12)8-9-14(15)11-19/h8-12H,6-7H2,1-5H3. The molecule has 0 N–H and O–H groups in total. The van der Waals surface area contributed by atoms with Gasteiger partial charge in [0, 0.05) is 0 Å². The van der Waals surface area contributed by atoms with Gasteiger partial charge in [-0.3, -0.25) is 4.79 Å². The number of aldehydes is 1. The molecule has 1 aliphatic carbocycles. The second-order valence-electron chi connectivity index (χ2n) is 7.30. The van der Waals surface area contributed by atoms with Crippen molar-refractivity contribution in [1.82, 2.24) is 0 Å². The molecule has 1 aromatic rings. The van der Waals surface area contributed by atoms with Crippen molar-refractivity contribution in [3.8, 4) is 5.75 Å². The summed E-state index contributed by atoms with van der Waals surface area (Å²) in [5.41, 5.74) is -0.143. The lowest BCUT2D eigenvalue weighted by Gasteiger charge is -2.29. The maximum Gasteiger partial charge on any atom is 0.350 e. The third-order valence-electron chi connectivity index (χ3n) is 3.47. The molecule has 1 saturated carbocycles. The lowest BCUT2D eigenvalue weighted by molar-refractivity contribution is -0.170. The summed E-state index contributed by atoms with van der Waals surface area (Å²) in [7, 11) is 0. The zero-order chi connectivity index (χ0) is 16.5. The topological polar surface area (TPSA) is 52.6 Å². The number of benzene rings is 1. The Balaban J connectivity index is 2.22. The Hall–Kier alpha value is -1.84. The van der Waals surface area contributed by atoms with Gasteiger partial charge in [0.25, 0.3) is 0 Å². The van der Waals surface area contributed by atoms with Crippen LogP contribution in [0.4, 0.5) is 0 Å². The minimum atomic E-state index is -1.16. The van der Waals surface area contributed by atoms with E-state index in [0.717, 1.165) is 24.7 Å². The van der Waals surface area contributed by atoms with E-state index < -0.39 is 17.2 Å². The lowest BCUT2D eigenvalue weighted by Crippen LogP contribution is -2.43. The first-order valence-corrected chi connectivity index (χ1v) is 7.64. The van der Waals surface area contributed by atoms with E-state index in [-0.39, 0.29) is 0 Å². The summed E-state index contributed by atoms with van der Waals surface area (Å²) in [6.45, 7) is 8.74. The Kier molecular flexibility index (Phi) is 4.32. The molecule has 0 aromatic heterocycles. The van der Waals surface area contributed by atoms with E-state index in [1.807, 2.05) is 32.9 Å². The molecule has 4 heteroatoms. The van der Waals surface area contributed by atoms with E-state index in [0.29, 0.717) is 17.2 Å². The first kappa shape index (κ1) is 16.5. The van der Waals surface area contributed by atoms with Gasteiger partial charge in [-0.15, -0.1) is 0 Å². The molecule has 22 heavy (non-hydrogen) atoms. The zero-order valence-electron chi connectivity index (χ0n) is 13.9. The van der Waals surface area contributed by atoms with E-state index in [4.69, 9.17) is 9.47 Å². The monoisotopic (exact) mass is 304 g/mol. The summed E-state index contributed by atoms with van der Waals surface area (Å²) < 4.78 is 11.2. The van der Waals surface area contributed by atoms with Crippen molar-refractivity contribution in [2.75, 3.05) is 0 Å². The van der Waals surface area contributed by atoms with Crippen molar-refractivity contribution in [3.05, 3.63) is 29.3 Å². The van der Waals surface area contributed by atoms with E-state index in [9.17, 15) is 9.59 Å². The van der Waals surface area contributed by atoms with Gasteiger partial charge in [0.2, 0.25) is 0 Å². The van der Waals surface area contributed by atoms with Gasteiger partial charge in [-0.2, -0.15) is 0 Å². The number of carbonyl (C=O) groups excluding carboxylic acids is 2. The molecule has 0 atom stereocenters. The Morgan fingerprint density at radius 3 is 2.32 bits per heavy atom. The molecular formula is C18H24O4. The van der Waals surface area contributed by atoms with E-state index in [2.05, 4.69) is 0 Å². The summed E-state index contributed by atoms with van der Waals surface area (Å²) in [6.07, 6.45) is 3.07. The van der Waals surface area contributed by atoms with Crippen LogP contribution in [0, 0.1) is 0 Å². The fraction of sp³-hybridized carbons (Fsp3) is 0.556. The van der Waals surface area contributed by atoms with Gasteiger partial charge in [-0.25, -0.2) is 4.79 Å². The van der Waals surface area contributed by atoms with Gasteiger partial charge in [0.05, 0.1) is 5.56 Å². The summed E-state index contributed by atoms with van der Waals surface area (Å²) in [4.78, 5) is 23.5. The maximum atomic E-state index is 12.3. The number of hydrogen-bond donors (Lipinski definition) is 0. The molecule has 0 saturated heterocycles. The van der Waals surface area contributed by atoms with Crippen molar-refractivity contribution in [2.45, 2.75) is 64.6 Å². The molecule has 1 fully saturated rings. The van der Waals surface area contributed by atoms with Gasteiger partial charge in [-0.1, -0.05) is 6.07 Å². The second kappa shape index (κ2) is 5.75. The van der Waals surface area contributed by atoms with Gasteiger partial charge in [-0.05, 0) is 71.1 Å². The molecule has 1 aromatic carbocycles. The van der Waals surface area contributed by atoms with Crippen molar-refractivity contribution >= 4 is 12.3 Å². The molecule has 120 valence electrons. The SMILES string of the molecule is CC(C)(C)OC(=O)C(C)(C)Oc1cc(C2CC2)ccc1C=O. The van der Waals surface area contributed by atoms with Crippen LogP contribution in [0.5, 0.6) is 5.75 Å². The molecule has 0 aliphatic heterocycles. The first-order chi connectivity index (χ1) is 10.1. The van der Waals surface area contributed by atoms with Gasteiger partial charge in [0.15, 0.2) is 11.9 Å². The van der Waals surface area contributed by atoms with Gasteiger partial charge >= 0.3 is 5.97 Å². The minimum Gasteiger partial charge on any atom is -0.475 e. The maximum absolute atomic E-state index is 12.3. The van der Waals surface area contributed by atoms with Crippen molar-refractivity contribution in [2.24, 2.45) is 0 Å². The predicted molar refractivity (Wildman–Crippen MR) is 84.4 cm³/mol. The van der Waals surface area contributed by atoms with Crippen molar-refractivity contribution in [3.63, 3.8) is 0 Å². The average Bonchev–Trinajstić information content (AvgIpc) is 3.20. The molecule has 0 bridgehead atoms. The summed E-state index contributed by atoms with van der Waals surface area (Å²) in [6, 6.07) is 5.57. The number of ether oxygens (including phenoxy) is 2. The Labute approximate surface area is 131 Å². The Morgan fingerprint density at radius 1 is 1.18 bits per heavy atom. The second-order valence-corrected chi connectivity index (χ2v) is 7.30. The van der Waals surface area contributed by atoms with Gasteiger partial charge in [0.1, 0.15) is 11.4 Å². The highest BCUT2D eigenvalue weighted by molar-refractivity contribution is 5.82. The minimum absolute atomic E-state index is 0.440. The van der Waals surface area contributed by atoms with Crippen LogP contribution in [0.1, 0.15) is 69.3 Å². The van der Waals surface area contributed by atoms with E-state index in [1.165, 1.54) is 0 Å². The number of rotatable bonds is 5. The molecule has 0 unspecified atom stereocenters. The molecule has 2 rings (SSSR count). The molecule has 1 aliphatic rings. The highest BCUT2D eigenvalue weighted by Gasteiger charge is 2.35. The highest BCUT2D eigenvalue weighted by atomic mass is 16.6. The van der Waals surface area contributed by atoms with E-state index in [1.54, 1.807) is 19.9 Å². The van der Waals surface area contributed by atoms with Crippen LogP contribution in [-0.2, 0) is 9.53 Å². The fourth-order valence-electron chi connectivity index (χ4n) is 2.12. The Bertz CT molecular complexity index is 577. The smallest absolute Gasteiger partial charge is 0.350 e. The number of hydrogen-bond acceptors (Lipinski definition) is 4. The van der Waals surface area contributed by atoms with Crippen LogP contribution in [0.15, 0.2) is 18.2 Å². The zero-order valence-corrected chi connectivity index (χ0v) is 13.9. The molecule has 0 heterocycles. The molecule has 0 radical (unpaired) electrons. The molecule has 0 amide bonds. The van der Waals surface area contributed by atoms with Crippen LogP contribution >= 0.6 is 0 Å². The quantitative estimate of drug-likeness (QED) is 0.612. The summed E-state index contributed by atoms with van der Waals surface area (Å²) >= 11 is 0. The predicted octanol–water partition coefficient (Wildman–Crippen LogP) is 3.88. The normalized spacial score (nSPS) is 15.3. The summed E-state index contributed by atoms with van der Waals surface area (Å²) in [5.74, 6) is 0.539. The average molecular weight is 304 g/mol. The largest absolute Gasteiger partial charge is 0.475 e. The third-order valence-corrected chi connectivity index (χ3v) is 3.47. The molecule has 4 nitrogen and oxygen atoms in total. The van der Waals surface area contributed by atoms with Crippen LogP contribution in [0.2, 0.25) is 0 Å². The van der Waals surface area contributed by atoms with Crippen molar-refractivity contribution in [1.29, 1.82) is 0 Å². The van der Waals surface area contributed by atoms with E-state index >= 15 is 0 Å². The molecule has 0 spiro atoms. The van der Waals surface area contributed by atoms with Crippen molar-refractivity contribution < 1.29 is 19.1 Å². The highest BCUT2D eigenvalue weighted by Crippen LogP contribution is 2.42. The third kappa shape index (κ3) is 4.09. The first-order valence-electron chi connectivity index (χ1n) is 7.64. The molecular weight excluding hydrogens is 280 g/mol. The number of carbonyl (C=O) groups is 2. The van der Waals surface area contributed by atoms with Crippen LogP contribution in [0.3, 0.4) is 0 Å².